The largest absolute Gasteiger partial charge is 0.508 e. The van der Waals surface area contributed by atoms with E-state index >= 15 is 0 Å². The molecule has 1 atom stereocenters. The third kappa shape index (κ3) is 2.18. The molecule has 2 nitrogen and oxygen atoms in total. The molecule has 0 bridgehead atoms. The van der Waals surface area contributed by atoms with Gasteiger partial charge in [-0.05, 0) is 12.0 Å². The second kappa shape index (κ2) is 3.75. The summed E-state index contributed by atoms with van der Waals surface area (Å²) in [7, 11) is 0. The molecule has 0 saturated heterocycles. The van der Waals surface area contributed by atoms with Gasteiger partial charge in [0.2, 0.25) is 0 Å². The van der Waals surface area contributed by atoms with E-state index in [9.17, 15) is 4.39 Å². The maximum atomic E-state index is 13.2. The Kier molecular flexibility index (Phi) is 2.88. The van der Waals surface area contributed by atoms with E-state index in [0.717, 1.165) is 6.07 Å². The molecule has 1 aromatic rings. The minimum absolute atomic E-state index is 0.0720. The van der Waals surface area contributed by atoms with Gasteiger partial charge in [-0.1, -0.05) is 19.9 Å². The summed E-state index contributed by atoms with van der Waals surface area (Å²) in [5.41, 5.74) is 6.22. The zero-order chi connectivity index (χ0) is 10.0. The molecule has 1 aromatic carbocycles. The number of nitrogens with two attached hydrogens (primary N) is 1. The molecule has 0 aliphatic heterocycles. The summed E-state index contributed by atoms with van der Waals surface area (Å²) < 4.78 is 13.2. The van der Waals surface area contributed by atoms with Crippen molar-refractivity contribution in [3.63, 3.8) is 0 Å². The standard InChI is InChI=1S/C10H14FNO/c1-6(2)10(12)8-4-3-7(13)5-9(8)11/h3-6,10,13H,12H2,1-2H3/t10-/m0/s1. The average molecular weight is 183 g/mol. The van der Waals surface area contributed by atoms with Crippen molar-refractivity contribution < 1.29 is 9.50 Å². The minimum Gasteiger partial charge on any atom is -0.508 e. The van der Waals surface area contributed by atoms with Crippen molar-refractivity contribution in [1.29, 1.82) is 0 Å². The van der Waals surface area contributed by atoms with E-state index in [-0.39, 0.29) is 17.7 Å². The number of rotatable bonds is 2. The van der Waals surface area contributed by atoms with Gasteiger partial charge in [-0.15, -0.1) is 0 Å². The highest BCUT2D eigenvalue weighted by atomic mass is 19.1. The predicted molar refractivity (Wildman–Crippen MR) is 49.8 cm³/mol. The van der Waals surface area contributed by atoms with Crippen molar-refractivity contribution in [3.8, 4) is 5.75 Å². The van der Waals surface area contributed by atoms with Crippen molar-refractivity contribution in [3.05, 3.63) is 29.6 Å². The fourth-order valence-corrected chi connectivity index (χ4v) is 1.15. The molecule has 72 valence electrons. The topological polar surface area (TPSA) is 46.2 Å². The zero-order valence-corrected chi connectivity index (χ0v) is 7.79. The highest BCUT2D eigenvalue weighted by Gasteiger charge is 2.14. The second-order valence-electron chi connectivity index (χ2n) is 3.48. The lowest BCUT2D eigenvalue weighted by atomic mass is 9.96. The quantitative estimate of drug-likeness (QED) is 0.738. The Morgan fingerprint density at radius 2 is 2.00 bits per heavy atom. The van der Waals surface area contributed by atoms with Crippen LogP contribution in [0, 0.1) is 11.7 Å². The van der Waals surface area contributed by atoms with E-state index in [0.29, 0.717) is 5.56 Å². The Labute approximate surface area is 77.2 Å². The summed E-state index contributed by atoms with van der Waals surface area (Å²) in [6.45, 7) is 3.86. The van der Waals surface area contributed by atoms with E-state index in [1.165, 1.54) is 12.1 Å². The molecule has 0 aliphatic rings. The van der Waals surface area contributed by atoms with Gasteiger partial charge < -0.3 is 10.8 Å². The number of halogens is 1. The van der Waals surface area contributed by atoms with Crippen LogP contribution >= 0.6 is 0 Å². The summed E-state index contributed by atoms with van der Waals surface area (Å²) in [5.74, 6) is -0.336. The Bertz CT molecular complexity index is 299. The zero-order valence-electron chi connectivity index (χ0n) is 7.79. The molecule has 0 amide bonds. The lowest BCUT2D eigenvalue weighted by molar-refractivity contribution is 0.456. The van der Waals surface area contributed by atoms with Gasteiger partial charge in [0.25, 0.3) is 0 Å². The van der Waals surface area contributed by atoms with Crippen LogP contribution in [-0.2, 0) is 0 Å². The lowest BCUT2D eigenvalue weighted by Gasteiger charge is -2.16. The molecule has 0 fully saturated rings. The van der Waals surface area contributed by atoms with E-state index in [4.69, 9.17) is 10.8 Å². The molecule has 0 saturated carbocycles. The van der Waals surface area contributed by atoms with Crippen LogP contribution in [0.4, 0.5) is 4.39 Å². The maximum absolute atomic E-state index is 13.2. The van der Waals surface area contributed by atoms with Crippen molar-refractivity contribution in [2.24, 2.45) is 11.7 Å². The summed E-state index contributed by atoms with van der Waals surface area (Å²) in [6, 6.07) is 3.73. The number of benzene rings is 1. The first-order valence-electron chi connectivity index (χ1n) is 4.26. The molecule has 0 unspecified atom stereocenters. The van der Waals surface area contributed by atoms with E-state index in [2.05, 4.69) is 0 Å². The molecule has 0 aromatic heterocycles. The fourth-order valence-electron chi connectivity index (χ4n) is 1.15. The Balaban J connectivity index is 3.01. The highest BCUT2D eigenvalue weighted by Crippen LogP contribution is 2.24. The first kappa shape index (κ1) is 9.99. The van der Waals surface area contributed by atoms with Crippen molar-refractivity contribution in [2.45, 2.75) is 19.9 Å². The van der Waals surface area contributed by atoms with Crippen LogP contribution in [0.1, 0.15) is 25.5 Å². The molecule has 0 heterocycles. The van der Waals surface area contributed by atoms with Gasteiger partial charge in [0.15, 0.2) is 0 Å². The maximum Gasteiger partial charge on any atom is 0.131 e. The van der Waals surface area contributed by atoms with E-state index in [1.807, 2.05) is 13.8 Å². The smallest absolute Gasteiger partial charge is 0.131 e. The van der Waals surface area contributed by atoms with Gasteiger partial charge in [0.05, 0.1) is 0 Å². The van der Waals surface area contributed by atoms with E-state index < -0.39 is 5.82 Å². The molecule has 3 heteroatoms. The van der Waals surface area contributed by atoms with Crippen molar-refractivity contribution in [2.75, 3.05) is 0 Å². The van der Waals surface area contributed by atoms with Crippen LogP contribution in [0.5, 0.6) is 5.75 Å². The normalized spacial score (nSPS) is 13.3. The molecule has 1 rings (SSSR count). The van der Waals surface area contributed by atoms with Crippen LogP contribution in [0.2, 0.25) is 0 Å². The second-order valence-corrected chi connectivity index (χ2v) is 3.48. The van der Waals surface area contributed by atoms with Gasteiger partial charge >= 0.3 is 0 Å². The predicted octanol–water partition coefficient (Wildman–Crippen LogP) is 2.19. The van der Waals surface area contributed by atoms with E-state index in [1.54, 1.807) is 0 Å². The molecule has 3 N–H and O–H groups in total. The number of phenols is 1. The van der Waals surface area contributed by atoms with Gasteiger partial charge in [-0.3, -0.25) is 0 Å². The highest BCUT2D eigenvalue weighted by molar-refractivity contribution is 5.29. The summed E-state index contributed by atoms with van der Waals surface area (Å²) in [5, 5.41) is 8.98. The first-order chi connectivity index (χ1) is 6.02. The average Bonchev–Trinajstić information content (AvgIpc) is 2.03. The van der Waals surface area contributed by atoms with Gasteiger partial charge in [-0.2, -0.15) is 0 Å². The summed E-state index contributed by atoms with van der Waals surface area (Å²) >= 11 is 0. The first-order valence-corrected chi connectivity index (χ1v) is 4.26. The summed E-state index contributed by atoms with van der Waals surface area (Å²) in [6.07, 6.45) is 0. The van der Waals surface area contributed by atoms with Gasteiger partial charge in [0, 0.05) is 17.7 Å². The number of aromatic hydroxyl groups is 1. The molecule has 0 radical (unpaired) electrons. The molecular formula is C10H14FNO. The minimum atomic E-state index is -0.443. The number of phenolic OH excluding ortho intramolecular Hbond substituents is 1. The third-order valence-corrected chi connectivity index (χ3v) is 2.06. The third-order valence-electron chi connectivity index (χ3n) is 2.06. The van der Waals surface area contributed by atoms with Crippen LogP contribution in [0.25, 0.3) is 0 Å². The Morgan fingerprint density at radius 1 is 1.38 bits per heavy atom. The summed E-state index contributed by atoms with van der Waals surface area (Å²) in [4.78, 5) is 0. The number of hydrogen-bond donors (Lipinski definition) is 2. The van der Waals surface area contributed by atoms with Crippen LogP contribution in [-0.4, -0.2) is 5.11 Å². The SMILES string of the molecule is CC(C)[C@H](N)c1ccc(O)cc1F. The van der Waals surface area contributed by atoms with Gasteiger partial charge in [0.1, 0.15) is 11.6 Å². The Hall–Kier alpha value is -1.09. The molecule has 0 spiro atoms. The van der Waals surface area contributed by atoms with Crippen molar-refractivity contribution in [1.82, 2.24) is 0 Å². The van der Waals surface area contributed by atoms with Crippen molar-refractivity contribution >= 4 is 0 Å². The number of hydrogen-bond acceptors (Lipinski definition) is 2. The van der Waals surface area contributed by atoms with Crippen LogP contribution in [0.3, 0.4) is 0 Å². The monoisotopic (exact) mass is 183 g/mol. The van der Waals surface area contributed by atoms with Crippen LogP contribution < -0.4 is 5.73 Å². The van der Waals surface area contributed by atoms with Gasteiger partial charge in [-0.25, -0.2) is 4.39 Å². The molecule has 13 heavy (non-hydrogen) atoms. The Morgan fingerprint density at radius 3 is 2.46 bits per heavy atom. The molecular weight excluding hydrogens is 169 g/mol. The van der Waals surface area contributed by atoms with Crippen LogP contribution in [0.15, 0.2) is 18.2 Å². The lowest BCUT2D eigenvalue weighted by Crippen LogP contribution is -2.17. The fraction of sp³-hybridized carbons (Fsp3) is 0.400. The molecule has 0 aliphatic carbocycles.